The van der Waals surface area contributed by atoms with Gasteiger partial charge in [0, 0.05) is 6.54 Å². The molecule has 2 aromatic carbocycles. The van der Waals surface area contributed by atoms with Gasteiger partial charge in [-0.15, -0.1) is 0 Å². The van der Waals surface area contributed by atoms with Crippen LogP contribution < -0.4 is 25.3 Å². The number of rotatable bonds is 8. The largest absolute Gasteiger partial charge is 0.497 e. The minimum Gasteiger partial charge on any atom is -0.497 e. The van der Waals surface area contributed by atoms with Crippen molar-refractivity contribution in [1.29, 1.82) is 0 Å². The highest BCUT2D eigenvalue weighted by Gasteiger charge is 2.09. The molecular formula is C19H25N3O4. The molecule has 0 amide bonds. The highest BCUT2D eigenvalue weighted by Crippen LogP contribution is 2.27. The number of nitrogens with two attached hydrogens (primary N) is 1. The van der Waals surface area contributed by atoms with E-state index in [0.717, 1.165) is 11.1 Å². The summed E-state index contributed by atoms with van der Waals surface area (Å²) in [6, 6.07) is 12.8. The predicted molar refractivity (Wildman–Crippen MR) is 101 cm³/mol. The maximum Gasteiger partial charge on any atom is 0.189 e. The Morgan fingerprint density at radius 1 is 1.08 bits per heavy atom. The van der Waals surface area contributed by atoms with Gasteiger partial charge in [0.2, 0.25) is 0 Å². The van der Waals surface area contributed by atoms with E-state index in [2.05, 4.69) is 10.3 Å². The summed E-state index contributed by atoms with van der Waals surface area (Å²) < 4.78 is 15.6. The molecule has 140 valence electrons. The van der Waals surface area contributed by atoms with Gasteiger partial charge >= 0.3 is 0 Å². The van der Waals surface area contributed by atoms with Gasteiger partial charge < -0.3 is 30.4 Å². The quantitative estimate of drug-likeness (QED) is 0.491. The molecule has 0 aliphatic heterocycles. The fourth-order valence-corrected chi connectivity index (χ4v) is 2.38. The van der Waals surface area contributed by atoms with Crippen LogP contribution >= 0.6 is 0 Å². The average molecular weight is 359 g/mol. The number of nitrogens with zero attached hydrogens (tertiary/aromatic N) is 1. The van der Waals surface area contributed by atoms with Crippen LogP contribution in [0.25, 0.3) is 0 Å². The number of ether oxygens (including phenoxy) is 3. The van der Waals surface area contributed by atoms with E-state index in [0.29, 0.717) is 23.8 Å². The van der Waals surface area contributed by atoms with E-state index in [1.807, 2.05) is 36.4 Å². The molecule has 2 aromatic rings. The molecule has 7 nitrogen and oxygen atoms in total. The van der Waals surface area contributed by atoms with Crippen molar-refractivity contribution in [2.45, 2.75) is 12.6 Å². The fraction of sp³-hybridized carbons (Fsp3) is 0.316. The molecule has 1 atom stereocenters. The Balaban J connectivity index is 1.91. The second kappa shape index (κ2) is 9.53. The second-order valence-corrected chi connectivity index (χ2v) is 5.56. The maximum absolute atomic E-state index is 10.2. The van der Waals surface area contributed by atoms with Crippen molar-refractivity contribution in [1.82, 2.24) is 5.32 Å². The number of aliphatic hydroxyl groups is 1. The summed E-state index contributed by atoms with van der Waals surface area (Å²) in [7, 11) is 4.76. The van der Waals surface area contributed by atoms with E-state index >= 15 is 0 Å². The number of aliphatic imine (C=N–C) groups is 1. The molecule has 4 N–H and O–H groups in total. The van der Waals surface area contributed by atoms with Crippen LogP contribution in [0.3, 0.4) is 0 Å². The van der Waals surface area contributed by atoms with Crippen LogP contribution in [0.4, 0.5) is 0 Å². The number of aliphatic hydroxyl groups excluding tert-OH is 1. The lowest BCUT2D eigenvalue weighted by molar-refractivity contribution is 0.180. The fourth-order valence-electron chi connectivity index (χ4n) is 2.38. The molecule has 0 saturated carbocycles. The van der Waals surface area contributed by atoms with Crippen molar-refractivity contribution in [3.63, 3.8) is 0 Å². The van der Waals surface area contributed by atoms with Crippen molar-refractivity contribution in [2.75, 3.05) is 27.9 Å². The highest BCUT2D eigenvalue weighted by molar-refractivity contribution is 5.77. The highest BCUT2D eigenvalue weighted by atomic mass is 16.5. The first-order chi connectivity index (χ1) is 12.6. The SMILES string of the molecule is COc1cccc(C(O)CNC(N)=NCc2ccc(OC)c(OC)c2)c1. The summed E-state index contributed by atoms with van der Waals surface area (Å²) in [5.41, 5.74) is 7.55. The lowest BCUT2D eigenvalue weighted by atomic mass is 10.1. The number of methoxy groups -OCH3 is 3. The zero-order valence-electron chi connectivity index (χ0n) is 15.2. The van der Waals surface area contributed by atoms with Crippen molar-refractivity contribution in [3.05, 3.63) is 53.6 Å². The first-order valence-electron chi connectivity index (χ1n) is 8.14. The zero-order chi connectivity index (χ0) is 18.9. The Kier molecular flexibility index (Phi) is 7.11. The zero-order valence-corrected chi connectivity index (χ0v) is 15.2. The molecule has 0 saturated heterocycles. The van der Waals surface area contributed by atoms with Gasteiger partial charge in [-0.05, 0) is 35.4 Å². The number of guanidine groups is 1. The Bertz CT molecular complexity index is 749. The van der Waals surface area contributed by atoms with E-state index < -0.39 is 6.10 Å². The molecule has 26 heavy (non-hydrogen) atoms. The minimum absolute atomic E-state index is 0.244. The average Bonchev–Trinajstić information content (AvgIpc) is 2.70. The van der Waals surface area contributed by atoms with Gasteiger partial charge in [-0.25, -0.2) is 4.99 Å². The Hall–Kier alpha value is -2.93. The lowest BCUT2D eigenvalue weighted by Crippen LogP contribution is -2.34. The topological polar surface area (TPSA) is 98.3 Å². The van der Waals surface area contributed by atoms with Crippen molar-refractivity contribution in [2.24, 2.45) is 10.7 Å². The molecule has 7 heteroatoms. The predicted octanol–water partition coefficient (Wildman–Crippen LogP) is 1.85. The molecular weight excluding hydrogens is 334 g/mol. The normalized spacial score (nSPS) is 12.4. The van der Waals surface area contributed by atoms with Gasteiger partial charge in [-0.1, -0.05) is 18.2 Å². The van der Waals surface area contributed by atoms with Crippen LogP contribution in [0.1, 0.15) is 17.2 Å². The lowest BCUT2D eigenvalue weighted by Gasteiger charge is -2.13. The van der Waals surface area contributed by atoms with Crippen molar-refractivity contribution in [3.8, 4) is 17.2 Å². The first-order valence-corrected chi connectivity index (χ1v) is 8.14. The summed E-state index contributed by atoms with van der Waals surface area (Å²) in [4.78, 5) is 4.28. The van der Waals surface area contributed by atoms with Crippen molar-refractivity contribution >= 4 is 5.96 Å². The number of nitrogens with one attached hydrogen (secondary N) is 1. The van der Waals surface area contributed by atoms with Crippen LogP contribution in [-0.4, -0.2) is 38.9 Å². The summed E-state index contributed by atoms with van der Waals surface area (Å²) >= 11 is 0. The van der Waals surface area contributed by atoms with E-state index in [-0.39, 0.29) is 12.5 Å². The molecule has 0 spiro atoms. The molecule has 2 rings (SSSR count). The van der Waals surface area contributed by atoms with Gasteiger partial charge in [0.15, 0.2) is 17.5 Å². The first kappa shape index (κ1) is 19.4. The molecule has 0 bridgehead atoms. The Morgan fingerprint density at radius 2 is 1.85 bits per heavy atom. The number of benzene rings is 2. The van der Waals surface area contributed by atoms with Crippen molar-refractivity contribution < 1.29 is 19.3 Å². The molecule has 0 aliphatic carbocycles. The van der Waals surface area contributed by atoms with Gasteiger partial charge in [-0.2, -0.15) is 0 Å². The summed E-state index contributed by atoms with van der Waals surface area (Å²) in [6.45, 7) is 0.628. The third-order valence-electron chi connectivity index (χ3n) is 3.84. The van der Waals surface area contributed by atoms with Crippen LogP contribution in [0, 0.1) is 0 Å². The Labute approximate surface area is 153 Å². The minimum atomic E-state index is -0.722. The standard InChI is InChI=1S/C19H25N3O4/c1-24-15-6-4-5-14(10-15)16(23)12-22-19(20)21-11-13-7-8-17(25-2)18(9-13)26-3/h4-10,16,23H,11-12H2,1-3H3,(H3,20,21,22). The van der Waals surface area contributed by atoms with Crippen LogP contribution in [0.2, 0.25) is 0 Å². The van der Waals surface area contributed by atoms with Crippen LogP contribution in [-0.2, 0) is 6.54 Å². The van der Waals surface area contributed by atoms with E-state index in [4.69, 9.17) is 19.9 Å². The van der Waals surface area contributed by atoms with Gasteiger partial charge in [0.05, 0.1) is 34.0 Å². The van der Waals surface area contributed by atoms with Gasteiger partial charge in [-0.3, -0.25) is 0 Å². The molecule has 0 aromatic heterocycles. The number of hydrogen-bond donors (Lipinski definition) is 3. The maximum atomic E-state index is 10.2. The van der Waals surface area contributed by atoms with Gasteiger partial charge in [0.1, 0.15) is 5.75 Å². The Morgan fingerprint density at radius 3 is 2.54 bits per heavy atom. The third-order valence-corrected chi connectivity index (χ3v) is 3.84. The van der Waals surface area contributed by atoms with Gasteiger partial charge in [0.25, 0.3) is 0 Å². The molecule has 0 heterocycles. The summed E-state index contributed by atoms with van der Waals surface area (Å²) in [5.74, 6) is 2.24. The molecule has 1 unspecified atom stereocenters. The molecule has 0 radical (unpaired) electrons. The van der Waals surface area contributed by atoms with Crippen LogP contribution in [0.5, 0.6) is 17.2 Å². The molecule has 0 fully saturated rings. The van der Waals surface area contributed by atoms with E-state index in [9.17, 15) is 5.11 Å². The smallest absolute Gasteiger partial charge is 0.189 e. The summed E-state index contributed by atoms with van der Waals surface area (Å²) in [5, 5.41) is 13.2. The van der Waals surface area contributed by atoms with E-state index in [1.54, 1.807) is 27.4 Å². The third kappa shape index (κ3) is 5.29. The summed E-state index contributed by atoms with van der Waals surface area (Å²) in [6.07, 6.45) is -0.722. The number of hydrogen-bond acceptors (Lipinski definition) is 5. The van der Waals surface area contributed by atoms with Crippen LogP contribution in [0.15, 0.2) is 47.5 Å². The van der Waals surface area contributed by atoms with E-state index in [1.165, 1.54) is 0 Å². The second-order valence-electron chi connectivity index (χ2n) is 5.56. The molecule has 0 aliphatic rings. The monoisotopic (exact) mass is 359 g/mol.